The molecule has 0 aliphatic heterocycles. The lowest BCUT2D eigenvalue weighted by Gasteiger charge is -2.22. The van der Waals surface area contributed by atoms with E-state index in [1.165, 1.54) is 19.3 Å². The summed E-state index contributed by atoms with van der Waals surface area (Å²) in [5.74, 6) is 12.0. The molecule has 5 unspecified atom stereocenters. The van der Waals surface area contributed by atoms with E-state index >= 15 is 0 Å². The second kappa shape index (κ2) is 4.89. The summed E-state index contributed by atoms with van der Waals surface area (Å²) in [4.78, 5) is 0. The van der Waals surface area contributed by atoms with Gasteiger partial charge in [-0.25, -0.2) is 0 Å². The van der Waals surface area contributed by atoms with Crippen LogP contribution in [-0.2, 0) is 0 Å². The molecule has 4 nitrogen and oxygen atoms in total. The highest BCUT2D eigenvalue weighted by Gasteiger charge is 2.66. The Hall–Kier alpha value is -1.26. The van der Waals surface area contributed by atoms with Gasteiger partial charge in [0.15, 0.2) is 0 Å². The van der Waals surface area contributed by atoms with Crippen molar-refractivity contribution in [1.82, 2.24) is 5.43 Å². The molecule has 3 saturated carbocycles. The maximum absolute atomic E-state index is 5.93. The maximum atomic E-state index is 5.93. The van der Waals surface area contributed by atoms with Crippen LogP contribution in [0, 0.1) is 29.6 Å². The van der Waals surface area contributed by atoms with Crippen molar-refractivity contribution in [2.24, 2.45) is 35.4 Å². The van der Waals surface area contributed by atoms with Crippen LogP contribution in [0.5, 0.6) is 11.5 Å². The first-order valence-corrected chi connectivity index (χ1v) is 7.96. The van der Waals surface area contributed by atoms with Crippen LogP contribution < -0.4 is 20.7 Å². The minimum absolute atomic E-state index is 0.174. The first kappa shape index (κ1) is 13.4. The first-order chi connectivity index (χ1) is 10.3. The van der Waals surface area contributed by atoms with E-state index in [2.05, 4.69) is 11.5 Å². The van der Waals surface area contributed by atoms with Crippen molar-refractivity contribution >= 4 is 0 Å². The fraction of sp³-hybridized carbons (Fsp3) is 0.647. The van der Waals surface area contributed by atoms with E-state index in [0.29, 0.717) is 5.92 Å². The quantitative estimate of drug-likeness (QED) is 0.645. The van der Waals surface area contributed by atoms with Crippen LogP contribution in [0.1, 0.15) is 30.9 Å². The molecule has 5 atom stereocenters. The fourth-order valence-electron chi connectivity index (χ4n) is 5.33. The summed E-state index contributed by atoms with van der Waals surface area (Å²) in [5, 5.41) is 0. The van der Waals surface area contributed by atoms with E-state index in [1.807, 2.05) is 12.1 Å². The van der Waals surface area contributed by atoms with Gasteiger partial charge >= 0.3 is 0 Å². The Balaban J connectivity index is 1.65. The number of hydrogen-bond acceptors (Lipinski definition) is 4. The zero-order valence-electron chi connectivity index (χ0n) is 12.7. The third kappa shape index (κ3) is 1.89. The van der Waals surface area contributed by atoms with Crippen LogP contribution in [-0.4, -0.2) is 14.2 Å². The maximum Gasteiger partial charge on any atom is 0.123 e. The first-order valence-electron chi connectivity index (χ1n) is 7.96. The molecule has 1 aromatic rings. The second-order valence-electron chi connectivity index (χ2n) is 6.82. The molecule has 3 aliphatic rings. The largest absolute Gasteiger partial charge is 0.497 e. The molecule has 3 N–H and O–H groups in total. The molecule has 0 spiro atoms. The molecule has 0 amide bonds. The molecule has 0 heterocycles. The summed E-state index contributed by atoms with van der Waals surface area (Å²) < 4.78 is 10.9. The third-order valence-corrected chi connectivity index (χ3v) is 6.13. The molecule has 0 radical (unpaired) electrons. The monoisotopic (exact) mass is 288 g/mol. The average molecular weight is 288 g/mol. The van der Waals surface area contributed by atoms with Crippen LogP contribution in [0.2, 0.25) is 0 Å². The number of nitrogens with two attached hydrogens (primary N) is 1. The Labute approximate surface area is 126 Å². The van der Waals surface area contributed by atoms with E-state index in [4.69, 9.17) is 15.3 Å². The standard InChI is InChI=1S/C17H24N2O2/c1-20-11-5-6-13(21-2)12(8-11)17(19-18)16-14-9-3-4-10(7-9)15(14)16/h5-6,8-10,14-17,19H,3-4,7,18H2,1-2H3. The number of fused-ring (bicyclic) bond motifs is 5. The van der Waals surface area contributed by atoms with Crippen molar-refractivity contribution in [3.05, 3.63) is 23.8 Å². The van der Waals surface area contributed by atoms with Gasteiger partial charge in [-0.2, -0.15) is 0 Å². The summed E-state index contributed by atoms with van der Waals surface area (Å²) >= 11 is 0. The molecule has 0 saturated heterocycles. The summed E-state index contributed by atoms with van der Waals surface area (Å²) in [5.41, 5.74) is 4.21. The van der Waals surface area contributed by atoms with Gasteiger partial charge in [-0.15, -0.1) is 0 Å². The lowest BCUT2D eigenvalue weighted by Crippen LogP contribution is -2.31. The fourth-order valence-corrected chi connectivity index (χ4v) is 5.33. The Morgan fingerprint density at radius 1 is 1.14 bits per heavy atom. The van der Waals surface area contributed by atoms with Crippen molar-refractivity contribution in [3.63, 3.8) is 0 Å². The summed E-state index contributed by atoms with van der Waals surface area (Å²) in [6.45, 7) is 0. The number of hydrazine groups is 1. The molecule has 4 rings (SSSR count). The van der Waals surface area contributed by atoms with Gasteiger partial charge in [0.1, 0.15) is 11.5 Å². The van der Waals surface area contributed by atoms with Gasteiger partial charge in [0.05, 0.1) is 20.3 Å². The number of hydrogen-bond donors (Lipinski definition) is 2. The van der Waals surface area contributed by atoms with E-state index < -0.39 is 0 Å². The molecule has 1 aromatic carbocycles. The van der Waals surface area contributed by atoms with Gasteiger partial charge in [-0.1, -0.05) is 0 Å². The summed E-state index contributed by atoms with van der Waals surface area (Å²) in [6.07, 6.45) is 4.31. The number of methoxy groups -OCH3 is 2. The highest BCUT2D eigenvalue weighted by atomic mass is 16.5. The SMILES string of the molecule is COc1ccc(OC)c(C(NN)C2C3C4CCC(C4)C32)c1. The molecule has 2 bridgehead atoms. The van der Waals surface area contributed by atoms with E-state index in [1.54, 1.807) is 14.2 Å². The van der Waals surface area contributed by atoms with Crippen molar-refractivity contribution in [3.8, 4) is 11.5 Å². The average Bonchev–Trinajstić information content (AvgIpc) is 2.94. The van der Waals surface area contributed by atoms with Crippen molar-refractivity contribution in [2.75, 3.05) is 14.2 Å². The van der Waals surface area contributed by atoms with Crippen molar-refractivity contribution in [1.29, 1.82) is 0 Å². The molecule has 21 heavy (non-hydrogen) atoms. The molecule has 114 valence electrons. The van der Waals surface area contributed by atoms with Gasteiger partial charge < -0.3 is 9.47 Å². The zero-order valence-corrected chi connectivity index (χ0v) is 12.7. The number of benzene rings is 1. The van der Waals surface area contributed by atoms with Crippen LogP contribution in [0.15, 0.2) is 18.2 Å². The lowest BCUT2D eigenvalue weighted by molar-refractivity contribution is 0.350. The second-order valence-corrected chi connectivity index (χ2v) is 6.82. The molecular weight excluding hydrogens is 264 g/mol. The number of ether oxygens (including phenoxy) is 2. The minimum atomic E-state index is 0.174. The van der Waals surface area contributed by atoms with Crippen molar-refractivity contribution < 1.29 is 9.47 Å². The molecule has 4 heteroatoms. The Morgan fingerprint density at radius 3 is 2.43 bits per heavy atom. The third-order valence-electron chi connectivity index (χ3n) is 6.13. The van der Waals surface area contributed by atoms with Crippen LogP contribution in [0.25, 0.3) is 0 Å². The highest BCUT2D eigenvalue weighted by molar-refractivity contribution is 5.43. The topological polar surface area (TPSA) is 56.5 Å². The lowest BCUT2D eigenvalue weighted by atomic mass is 9.92. The predicted octanol–water partition coefficient (Wildman–Crippen LogP) is 2.50. The van der Waals surface area contributed by atoms with E-state index in [0.717, 1.165) is 40.7 Å². The predicted molar refractivity (Wildman–Crippen MR) is 80.9 cm³/mol. The van der Waals surface area contributed by atoms with Crippen LogP contribution in [0.3, 0.4) is 0 Å². The molecule has 3 fully saturated rings. The molecular formula is C17H24N2O2. The van der Waals surface area contributed by atoms with Gasteiger partial charge in [0.2, 0.25) is 0 Å². The zero-order chi connectivity index (χ0) is 14.6. The molecule has 0 aromatic heterocycles. The van der Waals surface area contributed by atoms with Gasteiger partial charge in [0, 0.05) is 5.56 Å². The normalized spacial score (nSPS) is 37.2. The molecule has 3 aliphatic carbocycles. The smallest absolute Gasteiger partial charge is 0.123 e. The van der Waals surface area contributed by atoms with Crippen LogP contribution in [0.4, 0.5) is 0 Å². The summed E-state index contributed by atoms with van der Waals surface area (Å²) in [7, 11) is 3.42. The Kier molecular flexibility index (Phi) is 3.12. The van der Waals surface area contributed by atoms with Crippen molar-refractivity contribution in [2.45, 2.75) is 25.3 Å². The Bertz CT molecular complexity index is 532. The highest BCUT2D eigenvalue weighted by Crippen LogP contribution is 2.72. The number of nitrogens with one attached hydrogen (secondary N) is 1. The van der Waals surface area contributed by atoms with E-state index in [9.17, 15) is 0 Å². The van der Waals surface area contributed by atoms with E-state index in [-0.39, 0.29) is 6.04 Å². The summed E-state index contributed by atoms with van der Waals surface area (Å²) in [6, 6.07) is 6.16. The Morgan fingerprint density at radius 2 is 1.86 bits per heavy atom. The minimum Gasteiger partial charge on any atom is -0.497 e. The van der Waals surface area contributed by atoms with Gasteiger partial charge in [0.25, 0.3) is 0 Å². The van der Waals surface area contributed by atoms with Gasteiger partial charge in [-0.3, -0.25) is 11.3 Å². The van der Waals surface area contributed by atoms with Crippen LogP contribution >= 0.6 is 0 Å². The number of rotatable bonds is 5. The van der Waals surface area contributed by atoms with Gasteiger partial charge in [-0.05, 0) is 67.1 Å².